The van der Waals surface area contributed by atoms with E-state index in [2.05, 4.69) is 15.4 Å². The third-order valence-corrected chi connectivity index (χ3v) is 4.24. The molecule has 0 spiro atoms. The maximum absolute atomic E-state index is 12.8. The number of carbonyl (C=O) groups excluding carboxylic acids is 2. The largest absolute Gasteiger partial charge is 0.320 e. The summed E-state index contributed by atoms with van der Waals surface area (Å²) in [6.07, 6.45) is 2.99. The van der Waals surface area contributed by atoms with Crippen LogP contribution in [0.4, 0.5) is 5.69 Å². The van der Waals surface area contributed by atoms with E-state index < -0.39 is 11.8 Å². The Kier molecular flexibility index (Phi) is 5.41. The molecule has 0 aliphatic carbocycles. The highest BCUT2D eigenvalue weighted by Crippen LogP contribution is 2.26. The van der Waals surface area contributed by atoms with E-state index in [4.69, 9.17) is 29.0 Å². The zero-order chi connectivity index (χ0) is 19.6. The first-order valence-corrected chi connectivity index (χ1v) is 8.45. The first kappa shape index (κ1) is 18.8. The van der Waals surface area contributed by atoms with Gasteiger partial charge in [-0.3, -0.25) is 15.0 Å². The molecule has 2 heterocycles. The second-order valence-corrected chi connectivity index (χ2v) is 6.35. The molecule has 1 aromatic carbocycles. The minimum Gasteiger partial charge on any atom is -0.320 e. The van der Waals surface area contributed by atoms with Crippen molar-refractivity contribution in [3.05, 3.63) is 69.6 Å². The van der Waals surface area contributed by atoms with E-state index >= 15 is 0 Å². The van der Waals surface area contributed by atoms with Crippen LogP contribution in [0.3, 0.4) is 0 Å². The molecular weight excluding hydrogens is 391 g/mol. The van der Waals surface area contributed by atoms with Crippen molar-refractivity contribution in [3.63, 3.8) is 0 Å². The van der Waals surface area contributed by atoms with Crippen LogP contribution in [0.5, 0.6) is 0 Å². The summed E-state index contributed by atoms with van der Waals surface area (Å²) in [5.41, 5.74) is 3.23. The number of benzene rings is 1. The van der Waals surface area contributed by atoms with Crippen LogP contribution in [0.15, 0.2) is 42.7 Å². The summed E-state index contributed by atoms with van der Waals surface area (Å²) in [4.78, 5) is 29.0. The van der Waals surface area contributed by atoms with Crippen LogP contribution in [0.1, 0.15) is 26.4 Å². The maximum atomic E-state index is 12.8. The molecule has 2 amide bonds. The van der Waals surface area contributed by atoms with E-state index in [1.807, 2.05) is 5.43 Å². The molecule has 8 nitrogen and oxygen atoms in total. The third kappa shape index (κ3) is 3.77. The number of hydrogen-bond acceptors (Lipinski definition) is 5. The Bertz CT molecular complexity index is 1030. The van der Waals surface area contributed by atoms with Gasteiger partial charge in [-0.05, 0) is 42.8 Å². The minimum atomic E-state index is -0.586. The lowest BCUT2D eigenvalue weighted by Crippen LogP contribution is -2.31. The average molecular weight is 405 g/mol. The molecule has 2 aromatic heterocycles. The number of carbonyl (C=O) groups is 2. The number of nitrogens with zero attached hydrogens (tertiary/aromatic N) is 3. The Hall–Kier alpha value is -2.94. The molecule has 0 radical (unpaired) electrons. The zero-order valence-electron chi connectivity index (χ0n) is 14.0. The highest BCUT2D eigenvalue weighted by Gasteiger charge is 2.20. The van der Waals surface area contributed by atoms with Gasteiger partial charge in [-0.2, -0.15) is 5.10 Å². The summed E-state index contributed by atoms with van der Waals surface area (Å²) < 4.78 is 1.31. The minimum absolute atomic E-state index is 0.137. The van der Waals surface area contributed by atoms with Gasteiger partial charge in [0.25, 0.3) is 11.8 Å². The van der Waals surface area contributed by atoms with Gasteiger partial charge in [0.15, 0.2) is 5.82 Å². The van der Waals surface area contributed by atoms with E-state index in [9.17, 15) is 9.59 Å². The molecular formula is C17H14Cl2N6O2. The smallest absolute Gasteiger partial charge is 0.274 e. The molecule has 27 heavy (non-hydrogen) atoms. The lowest BCUT2D eigenvalue weighted by molar-refractivity contribution is 0.0954. The molecule has 0 bridgehead atoms. The Labute approximate surface area is 164 Å². The SMILES string of the molecule is Cc1cc(Cl)cc(C(=O)NN)c1NC(=O)c1ccnn1-c1ncccc1Cl. The van der Waals surface area contributed by atoms with Crippen molar-refractivity contribution < 1.29 is 9.59 Å². The molecule has 0 atom stereocenters. The standard InChI is InChI=1S/C17H14Cl2N6O2/c1-9-7-10(18)8-11(16(26)24-20)14(9)23-17(27)13-4-6-22-25(13)15-12(19)3-2-5-21-15/h2-8H,20H2,1H3,(H,23,27)(H,24,26). The van der Waals surface area contributed by atoms with Gasteiger partial charge in [0.2, 0.25) is 0 Å². The van der Waals surface area contributed by atoms with Gasteiger partial charge in [-0.1, -0.05) is 23.2 Å². The number of nitrogens with two attached hydrogens (primary N) is 1. The van der Waals surface area contributed by atoms with Crippen LogP contribution in [-0.4, -0.2) is 26.6 Å². The number of aromatic nitrogens is 3. The van der Waals surface area contributed by atoms with E-state index in [1.54, 1.807) is 25.1 Å². The second kappa shape index (κ2) is 7.75. The van der Waals surface area contributed by atoms with E-state index in [1.165, 1.54) is 29.2 Å². The number of anilines is 1. The van der Waals surface area contributed by atoms with Crippen LogP contribution >= 0.6 is 23.2 Å². The predicted molar refractivity (Wildman–Crippen MR) is 102 cm³/mol. The average Bonchev–Trinajstić information content (AvgIpc) is 3.13. The number of rotatable bonds is 4. The molecule has 10 heteroatoms. The quantitative estimate of drug-likeness (QED) is 0.351. The summed E-state index contributed by atoms with van der Waals surface area (Å²) >= 11 is 12.2. The summed E-state index contributed by atoms with van der Waals surface area (Å²) in [7, 11) is 0. The van der Waals surface area contributed by atoms with Crippen molar-refractivity contribution >= 4 is 40.7 Å². The molecule has 0 aliphatic rings. The van der Waals surface area contributed by atoms with E-state index in [-0.39, 0.29) is 16.9 Å². The summed E-state index contributed by atoms with van der Waals surface area (Å²) in [6.45, 7) is 1.71. The molecule has 0 saturated carbocycles. The number of amides is 2. The van der Waals surface area contributed by atoms with E-state index in [0.717, 1.165) is 0 Å². The molecule has 0 saturated heterocycles. The number of nitrogen functional groups attached to an aromatic ring is 1. The Morgan fingerprint density at radius 1 is 1.15 bits per heavy atom. The van der Waals surface area contributed by atoms with Gasteiger partial charge in [-0.15, -0.1) is 0 Å². The monoisotopic (exact) mass is 404 g/mol. The van der Waals surface area contributed by atoms with Crippen molar-refractivity contribution in [2.75, 3.05) is 5.32 Å². The van der Waals surface area contributed by atoms with Crippen molar-refractivity contribution in [1.82, 2.24) is 20.2 Å². The van der Waals surface area contributed by atoms with Gasteiger partial charge in [0.1, 0.15) is 5.69 Å². The lowest BCUT2D eigenvalue weighted by atomic mass is 10.1. The summed E-state index contributed by atoms with van der Waals surface area (Å²) in [5.74, 6) is 4.44. The van der Waals surface area contributed by atoms with Crippen LogP contribution in [0.25, 0.3) is 5.82 Å². The van der Waals surface area contributed by atoms with Crippen molar-refractivity contribution in [2.24, 2.45) is 5.84 Å². The van der Waals surface area contributed by atoms with Crippen LogP contribution in [0, 0.1) is 6.92 Å². The highest BCUT2D eigenvalue weighted by molar-refractivity contribution is 6.32. The Balaban J connectivity index is 2.00. The van der Waals surface area contributed by atoms with Gasteiger partial charge < -0.3 is 5.32 Å². The highest BCUT2D eigenvalue weighted by atomic mass is 35.5. The Morgan fingerprint density at radius 3 is 2.63 bits per heavy atom. The predicted octanol–water partition coefficient (Wildman–Crippen LogP) is 2.74. The fourth-order valence-electron chi connectivity index (χ4n) is 2.52. The number of hydrazine groups is 1. The fraction of sp³-hybridized carbons (Fsp3) is 0.0588. The van der Waals surface area contributed by atoms with Gasteiger partial charge in [-0.25, -0.2) is 15.5 Å². The van der Waals surface area contributed by atoms with Gasteiger partial charge in [0.05, 0.1) is 22.5 Å². The first-order chi connectivity index (χ1) is 12.9. The number of pyridine rings is 1. The molecule has 0 unspecified atom stereocenters. The molecule has 3 aromatic rings. The number of halogens is 2. The zero-order valence-corrected chi connectivity index (χ0v) is 15.5. The number of hydrogen-bond donors (Lipinski definition) is 3. The van der Waals surface area contributed by atoms with Crippen molar-refractivity contribution in [1.29, 1.82) is 0 Å². The van der Waals surface area contributed by atoms with Crippen LogP contribution in [-0.2, 0) is 0 Å². The maximum Gasteiger partial charge on any atom is 0.274 e. The molecule has 138 valence electrons. The number of nitrogens with one attached hydrogen (secondary N) is 2. The molecule has 4 N–H and O–H groups in total. The second-order valence-electron chi connectivity index (χ2n) is 5.51. The van der Waals surface area contributed by atoms with E-state index in [0.29, 0.717) is 21.4 Å². The van der Waals surface area contributed by atoms with Crippen molar-refractivity contribution in [2.45, 2.75) is 6.92 Å². The summed E-state index contributed by atoms with van der Waals surface area (Å²) in [6, 6.07) is 7.86. The van der Waals surface area contributed by atoms with Crippen molar-refractivity contribution in [3.8, 4) is 5.82 Å². The fourth-order valence-corrected chi connectivity index (χ4v) is 3.00. The van der Waals surface area contributed by atoms with Gasteiger partial charge >= 0.3 is 0 Å². The van der Waals surface area contributed by atoms with Crippen LogP contribution in [0.2, 0.25) is 10.0 Å². The normalized spacial score (nSPS) is 10.5. The lowest BCUT2D eigenvalue weighted by Gasteiger charge is -2.14. The molecule has 3 rings (SSSR count). The first-order valence-electron chi connectivity index (χ1n) is 7.69. The molecule has 0 fully saturated rings. The number of aryl methyl sites for hydroxylation is 1. The van der Waals surface area contributed by atoms with Crippen LogP contribution < -0.4 is 16.6 Å². The third-order valence-electron chi connectivity index (χ3n) is 3.73. The summed E-state index contributed by atoms with van der Waals surface area (Å²) in [5, 5.41) is 7.49. The molecule has 0 aliphatic heterocycles. The Morgan fingerprint density at radius 2 is 1.93 bits per heavy atom. The van der Waals surface area contributed by atoms with Gasteiger partial charge in [0, 0.05) is 11.2 Å². The topological polar surface area (TPSA) is 115 Å².